The van der Waals surface area contributed by atoms with Gasteiger partial charge in [0, 0.05) is 30.9 Å². The zero-order valence-corrected chi connectivity index (χ0v) is 18.9. The minimum absolute atomic E-state index is 0.144. The average molecular weight is 436 g/mol. The van der Waals surface area contributed by atoms with Crippen LogP contribution >= 0.6 is 0 Å². The number of nitrogens with one attached hydrogen (secondary N) is 1. The van der Waals surface area contributed by atoms with Crippen LogP contribution in [0.25, 0.3) is 5.70 Å². The molecular weight excluding hydrogens is 410 g/mol. The number of fused-ring (bicyclic) bond motifs is 3. The van der Waals surface area contributed by atoms with Gasteiger partial charge in [-0.15, -0.1) is 0 Å². The van der Waals surface area contributed by atoms with Crippen LogP contribution in [0.3, 0.4) is 0 Å². The molecule has 0 spiro atoms. The standard InChI is InChI=1S/C27H25N5O/c1-17-8-10-19(11-9-17)26-23-24(21-6-4-5-7-22(21)33-26)30-27-28-16-29-32(27)25(23)18-12-14-20(15-13-18)31(2)3/h4-16,25-26H,1-3H3,(H,28,29,30)/t25-,26+/m0/s1. The predicted octanol–water partition coefficient (Wildman–Crippen LogP) is 5.21. The van der Waals surface area contributed by atoms with Crippen molar-refractivity contribution >= 4 is 17.3 Å². The van der Waals surface area contributed by atoms with E-state index in [1.165, 1.54) is 5.56 Å². The Hall–Kier alpha value is -4.06. The largest absolute Gasteiger partial charge is 0.480 e. The average Bonchev–Trinajstić information content (AvgIpc) is 3.31. The first-order valence-electron chi connectivity index (χ1n) is 11.1. The van der Waals surface area contributed by atoms with Crippen molar-refractivity contribution in [2.24, 2.45) is 0 Å². The van der Waals surface area contributed by atoms with E-state index in [-0.39, 0.29) is 12.1 Å². The lowest BCUT2D eigenvalue weighted by atomic mass is 9.84. The highest BCUT2D eigenvalue weighted by Crippen LogP contribution is 2.50. The molecule has 6 nitrogen and oxygen atoms in total. The van der Waals surface area contributed by atoms with Gasteiger partial charge in [-0.3, -0.25) is 0 Å². The van der Waals surface area contributed by atoms with E-state index in [0.717, 1.165) is 45.3 Å². The van der Waals surface area contributed by atoms with Gasteiger partial charge in [0.1, 0.15) is 24.2 Å². The van der Waals surface area contributed by atoms with Gasteiger partial charge in [-0.05, 0) is 42.3 Å². The van der Waals surface area contributed by atoms with E-state index in [4.69, 9.17) is 4.74 Å². The number of aromatic nitrogens is 3. The second-order valence-electron chi connectivity index (χ2n) is 8.78. The van der Waals surface area contributed by atoms with E-state index in [0.29, 0.717) is 0 Å². The fraction of sp³-hybridized carbons (Fsp3) is 0.185. The lowest BCUT2D eigenvalue weighted by Gasteiger charge is -2.39. The molecule has 1 aromatic heterocycles. The van der Waals surface area contributed by atoms with Gasteiger partial charge in [0.05, 0.1) is 5.70 Å². The van der Waals surface area contributed by atoms with Crippen molar-refractivity contribution in [3.8, 4) is 5.75 Å². The molecule has 2 atom stereocenters. The highest BCUT2D eigenvalue weighted by atomic mass is 16.5. The van der Waals surface area contributed by atoms with Crippen molar-refractivity contribution in [2.45, 2.75) is 19.1 Å². The fourth-order valence-electron chi connectivity index (χ4n) is 4.71. The van der Waals surface area contributed by atoms with Gasteiger partial charge in [0.15, 0.2) is 0 Å². The summed E-state index contributed by atoms with van der Waals surface area (Å²) >= 11 is 0. The van der Waals surface area contributed by atoms with Crippen LogP contribution in [0.5, 0.6) is 5.75 Å². The zero-order valence-electron chi connectivity index (χ0n) is 18.9. The number of ether oxygens (including phenoxy) is 1. The molecule has 0 saturated heterocycles. The molecule has 6 rings (SSSR count). The molecule has 3 heterocycles. The molecule has 2 aliphatic rings. The number of aryl methyl sites for hydroxylation is 1. The fourth-order valence-corrected chi connectivity index (χ4v) is 4.71. The number of benzene rings is 3. The molecule has 0 saturated carbocycles. The van der Waals surface area contributed by atoms with E-state index >= 15 is 0 Å². The van der Waals surface area contributed by atoms with E-state index in [9.17, 15) is 0 Å². The summed E-state index contributed by atoms with van der Waals surface area (Å²) in [5, 5.41) is 8.16. The molecule has 0 amide bonds. The van der Waals surface area contributed by atoms with E-state index < -0.39 is 0 Å². The second kappa shape index (κ2) is 7.52. The highest BCUT2D eigenvalue weighted by Gasteiger charge is 2.40. The number of rotatable bonds is 3. The molecule has 0 bridgehead atoms. The Bertz CT molecular complexity index is 1350. The number of nitrogens with zero attached hydrogens (tertiary/aromatic N) is 4. The van der Waals surface area contributed by atoms with Crippen molar-refractivity contribution < 1.29 is 4.74 Å². The lowest BCUT2D eigenvalue weighted by Crippen LogP contribution is -2.32. The van der Waals surface area contributed by atoms with Crippen LogP contribution in [0.4, 0.5) is 11.6 Å². The van der Waals surface area contributed by atoms with Crippen LogP contribution in [0.2, 0.25) is 0 Å². The Kier molecular flexibility index (Phi) is 4.47. The molecule has 0 aliphatic carbocycles. The normalized spacial score (nSPS) is 18.5. The number of para-hydroxylation sites is 1. The summed E-state index contributed by atoms with van der Waals surface area (Å²) < 4.78 is 8.63. The van der Waals surface area contributed by atoms with E-state index in [1.807, 2.05) is 22.9 Å². The van der Waals surface area contributed by atoms with Crippen molar-refractivity contribution in [3.05, 3.63) is 107 Å². The Labute approximate surface area is 193 Å². The monoisotopic (exact) mass is 435 g/mol. The predicted molar refractivity (Wildman–Crippen MR) is 130 cm³/mol. The summed E-state index contributed by atoms with van der Waals surface area (Å²) in [7, 11) is 4.10. The highest BCUT2D eigenvalue weighted by molar-refractivity contribution is 5.85. The van der Waals surface area contributed by atoms with Crippen molar-refractivity contribution in [3.63, 3.8) is 0 Å². The molecule has 6 heteroatoms. The molecular formula is C27H25N5O. The number of anilines is 2. The van der Waals surface area contributed by atoms with Gasteiger partial charge in [-0.25, -0.2) is 4.68 Å². The van der Waals surface area contributed by atoms with Crippen molar-refractivity contribution in [1.29, 1.82) is 0 Å². The summed E-state index contributed by atoms with van der Waals surface area (Å²) in [6, 6.07) is 25.3. The Morgan fingerprint density at radius 2 is 1.64 bits per heavy atom. The van der Waals surface area contributed by atoms with Crippen LogP contribution in [-0.4, -0.2) is 28.9 Å². The second-order valence-corrected chi connectivity index (χ2v) is 8.78. The van der Waals surface area contributed by atoms with Crippen LogP contribution in [0, 0.1) is 6.92 Å². The first-order valence-corrected chi connectivity index (χ1v) is 11.1. The summed E-state index contributed by atoms with van der Waals surface area (Å²) in [5.74, 6) is 1.60. The maximum atomic E-state index is 6.67. The molecule has 0 unspecified atom stereocenters. The summed E-state index contributed by atoms with van der Waals surface area (Å²) in [6.45, 7) is 2.10. The third-order valence-electron chi connectivity index (χ3n) is 6.43. The van der Waals surface area contributed by atoms with Crippen LogP contribution in [0.1, 0.15) is 34.4 Å². The SMILES string of the molecule is Cc1ccc([C@H]2Oc3ccccc3C3=C2[C@H](c2ccc(N(C)C)cc2)n2ncnc2N3)cc1. The maximum absolute atomic E-state index is 6.67. The van der Waals surface area contributed by atoms with Gasteiger partial charge in [0.2, 0.25) is 5.95 Å². The molecule has 0 fully saturated rings. The zero-order chi connectivity index (χ0) is 22.5. The smallest absolute Gasteiger partial charge is 0.226 e. The Balaban J connectivity index is 1.59. The maximum Gasteiger partial charge on any atom is 0.226 e. The third kappa shape index (κ3) is 3.18. The molecule has 164 valence electrons. The first-order chi connectivity index (χ1) is 16.1. The summed E-state index contributed by atoms with van der Waals surface area (Å²) in [4.78, 5) is 6.61. The summed E-state index contributed by atoms with van der Waals surface area (Å²) in [5.41, 5.74) is 7.85. The van der Waals surface area contributed by atoms with Gasteiger partial charge in [-0.2, -0.15) is 10.1 Å². The molecule has 0 radical (unpaired) electrons. The van der Waals surface area contributed by atoms with Gasteiger partial charge in [0.25, 0.3) is 0 Å². The first kappa shape index (κ1) is 19.6. The molecule has 4 aromatic rings. The third-order valence-corrected chi connectivity index (χ3v) is 6.43. The topological polar surface area (TPSA) is 55.2 Å². The molecule has 2 aliphatic heterocycles. The van der Waals surface area contributed by atoms with E-state index in [2.05, 4.69) is 95.9 Å². The van der Waals surface area contributed by atoms with Gasteiger partial charge >= 0.3 is 0 Å². The van der Waals surface area contributed by atoms with Crippen LogP contribution < -0.4 is 15.0 Å². The Morgan fingerprint density at radius 1 is 0.909 bits per heavy atom. The quantitative estimate of drug-likeness (QED) is 0.479. The molecule has 33 heavy (non-hydrogen) atoms. The summed E-state index contributed by atoms with van der Waals surface area (Å²) in [6.07, 6.45) is 1.36. The number of hydrogen-bond acceptors (Lipinski definition) is 5. The van der Waals surface area contributed by atoms with E-state index in [1.54, 1.807) is 6.33 Å². The van der Waals surface area contributed by atoms with Crippen LogP contribution in [-0.2, 0) is 0 Å². The van der Waals surface area contributed by atoms with Gasteiger partial charge < -0.3 is 15.0 Å². The lowest BCUT2D eigenvalue weighted by molar-refractivity contribution is 0.223. The molecule has 1 N–H and O–H groups in total. The minimum Gasteiger partial charge on any atom is -0.480 e. The minimum atomic E-state index is -0.251. The van der Waals surface area contributed by atoms with Gasteiger partial charge in [-0.1, -0.05) is 54.1 Å². The van der Waals surface area contributed by atoms with Crippen molar-refractivity contribution in [2.75, 3.05) is 24.3 Å². The van der Waals surface area contributed by atoms with Crippen LogP contribution in [0.15, 0.2) is 84.7 Å². The molecule has 3 aromatic carbocycles. The number of hydrogen-bond donors (Lipinski definition) is 1. The Morgan fingerprint density at radius 3 is 2.39 bits per heavy atom. The van der Waals surface area contributed by atoms with Crippen molar-refractivity contribution in [1.82, 2.24) is 14.8 Å².